The molecule has 11 heavy (non-hydrogen) atoms. The van der Waals surface area contributed by atoms with Gasteiger partial charge in [-0.25, -0.2) is 0 Å². The molecule has 2 saturated carbocycles. The summed E-state index contributed by atoms with van der Waals surface area (Å²) in [5, 5.41) is 9.33. The summed E-state index contributed by atoms with van der Waals surface area (Å²) < 4.78 is 0. The number of Topliss-reactive ketones (excluding diaryl/α,β-unsaturated/α-hetero) is 1. The number of carbonyl (C=O) groups is 1. The van der Waals surface area contributed by atoms with E-state index in [2.05, 4.69) is 12.2 Å². The van der Waals surface area contributed by atoms with Crippen molar-refractivity contribution in [2.24, 2.45) is 23.7 Å². The normalized spacial score (nSPS) is 57.9. The lowest BCUT2D eigenvalue weighted by Crippen LogP contribution is -2.53. The molecule has 0 saturated heterocycles. The fourth-order valence-electron chi connectivity index (χ4n) is 2.96. The van der Waals surface area contributed by atoms with Gasteiger partial charge >= 0.3 is 0 Å². The molecule has 0 aromatic carbocycles. The summed E-state index contributed by atoms with van der Waals surface area (Å²) >= 11 is 0. The van der Waals surface area contributed by atoms with Crippen LogP contribution in [0.15, 0.2) is 12.2 Å². The van der Waals surface area contributed by atoms with E-state index in [-0.39, 0.29) is 17.6 Å². The molecule has 3 aliphatic rings. The molecule has 2 bridgehead atoms. The summed E-state index contributed by atoms with van der Waals surface area (Å²) in [6.07, 6.45) is 4.80. The maximum atomic E-state index is 11.1. The van der Waals surface area contributed by atoms with Crippen LogP contribution >= 0.6 is 0 Å². The lowest BCUT2D eigenvalue weighted by Gasteiger charge is -2.40. The Bertz CT molecular complexity index is 256. The number of aliphatic hydroxyl groups is 1. The van der Waals surface area contributed by atoms with Crippen LogP contribution in [0.5, 0.6) is 0 Å². The van der Waals surface area contributed by atoms with Crippen molar-refractivity contribution in [1.82, 2.24) is 0 Å². The first-order chi connectivity index (χ1) is 5.29. The predicted octanol–water partition coefficient (Wildman–Crippen LogP) is 0.368. The minimum absolute atomic E-state index is 0.0897. The second kappa shape index (κ2) is 1.58. The molecule has 3 aliphatic carbocycles. The minimum Gasteiger partial charge on any atom is -0.385 e. The van der Waals surface area contributed by atoms with Gasteiger partial charge in [0.15, 0.2) is 5.78 Å². The van der Waals surface area contributed by atoms with Gasteiger partial charge in [0, 0.05) is 11.8 Å². The van der Waals surface area contributed by atoms with Crippen molar-refractivity contribution >= 4 is 5.78 Å². The maximum Gasteiger partial charge on any atom is 0.165 e. The van der Waals surface area contributed by atoms with Crippen LogP contribution in [0.1, 0.15) is 6.42 Å². The number of hydrogen-bond acceptors (Lipinski definition) is 2. The van der Waals surface area contributed by atoms with Crippen molar-refractivity contribution in [3.63, 3.8) is 0 Å². The van der Waals surface area contributed by atoms with E-state index in [0.29, 0.717) is 11.8 Å². The van der Waals surface area contributed by atoms with Crippen molar-refractivity contribution in [1.29, 1.82) is 0 Å². The number of aliphatic hydroxyl groups excluding tert-OH is 1. The van der Waals surface area contributed by atoms with Crippen LogP contribution in [-0.2, 0) is 4.79 Å². The first-order valence-electron chi connectivity index (χ1n) is 4.19. The fourth-order valence-corrected chi connectivity index (χ4v) is 2.96. The Balaban J connectivity index is 2.01. The Labute approximate surface area is 64.9 Å². The Morgan fingerprint density at radius 1 is 1.36 bits per heavy atom. The molecular formula is C9H10O2. The van der Waals surface area contributed by atoms with E-state index >= 15 is 0 Å². The highest BCUT2D eigenvalue weighted by atomic mass is 16.3. The molecule has 0 amide bonds. The second-order valence-electron chi connectivity index (χ2n) is 3.90. The maximum absolute atomic E-state index is 11.1. The quantitative estimate of drug-likeness (QED) is 0.506. The van der Waals surface area contributed by atoms with Crippen LogP contribution in [0.25, 0.3) is 0 Å². The number of rotatable bonds is 0. The summed E-state index contributed by atoms with van der Waals surface area (Å²) in [4.78, 5) is 11.1. The van der Waals surface area contributed by atoms with Gasteiger partial charge < -0.3 is 5.11 Å². The van der Waals surface area contributed by atoms with E-state index in [9.17, 15) is 9.90 Å². The van der Waals surface area contributed by atoms with Gasteiger partial charge in [0.05, 0.1) is 0 Å². The molecule has 0 heterocycles. The van der Waals surface area contributed by atoms with Crippen molar-refractivity contribution in [2.45, 2.75) is 12.5 Å². The number of allylic oxidation sites excluding steroid dienone is 2. The van der Waals surface area contributed by atoms with Gasteiger partial charge in [-0.05, 0) is 18.3 Å². The number of fused-ring (bicyclic) bond motifs is 5. The van der Waals surface area contributed by atoms with Gasteiger partial charge in [0.2, 0.25) is 0 Å². The van der Waals surface area contributed by atoms with Crippen LogP contribution in [0.3, 0.4) is 0 Å². The summed E-state index contributed by atoms with van der Waals surface area (Å²) in [6.45, 7) is 0. The highest BCUT2D eigenvalue weighted by molar-refractivity contribution is 5.93. The molecular weight excluding hydrogens is 140 g/mol. The van der Waals surface area contributed by atoms with Crippen LogP contribution in [0.4, 0.5) is 0 Å². The molecule has 0 aromatic rings. The van der Waals surface area contributed by atoms with E-state index in [1.54, 1.807) is 0 Å². The summed E-state index contributed by atoms with van der Waals surface area (Å²) in [7, 11) is 0. The van der Waals surface area contributed by atoms with Crippen LogP contribution in [0.2, 0.25) is 0 Å². The highest BCUT2D eigenvalue weighted by Gasteiger charge is 2.60. The molecule has 4 unspecified atom stereocenters. The Morgan fingerprint density at radius 2 is 2.09 bits per heavy atom. The van der Waals surface area contributed by atoms with Gasteiger partial charge in [-0.1, -0.05) is 12.2 Å². The molecule has 2 fully saturated rings. The second-order valence-corrected chi connectivity index (χ2v) is 3.90. The SMILES string of the molecule is O=C1C2C3C=CC(C3)C2[C@H]1O. The van der Waals surface area contributed by atoms with Crippen molar-refractivity contribution in [2.75, 3.05) is 0 Å². The zero-order chi connectivity index (χ0) is 7.59. The number of carbonyl (C=O) groups excluding carboxylic acids is 1. The van der Waals surface area contributed by atoms with Gasteiger partial charge in [0.25, 0.3) is 0 Å². The summed E-state index contributed by atoms with van der Waals surface area (Å²) in [5.41, 5.74) is 0. The third-order valence-corrected chi connectivity index (χ3v) is 3.50. The largest absolute Gasteiger partial charge is 0.385 e. The molecule has 58 valence electrons. The lowest BCUT2D eigenvalue weighted by atomic mass is 9.65. The monoisotopic (exact) mass is 150 g/mol. The summed E-state index contributed by atoms with van der Waals surface area (Å²) in [6, 6.07) is 0. The Kier molecular flexibility index (Phi) is 0.856. The van der Waals surface area contributed by atoms with Crippen molar-refractivity contribution < 1.29 is 9.90 Å². The Morgan fingerprint density at radius 3 is 2.82 bits per heavy atom. The molecule has 2 nitrogen and oxygen atoms in total. The molecule has 0 aliphatic heterocycles. The van der Waals surface area contributed by atoms with E-state index in [1.165, 1.54) is 0 Å². The average Bonchev–Trinajstić information content (AvgIpc) is 2.58. The van der Waals surface area contributed by atoms with E-state index in [1.807, 2.05) is 0 Å². The van der Waals surface area contributed by atoms with Gasteiger partial charge in [0.1, 0.15) is 6.10 Å². The molecule has 0 radical (unpaired) electrons. The molecule has 1 N–H and O–H groups in total. The lowest BCUT2D eigenvalue weighted by molar-refractivity contribution is -0.153. The Hall–Kier alpha value is -0.630. The average molecular weight is 150 g/mol. The van der Waals surface area contributed by atoms with Crippen molar-refractivity contribution in [3.8, 4) is 0 Å². The van der Waals surface area contributed by atoms with Crippen LogP contribution in [0, 0.1) is 23.7 Å². The predicted molar refractivity (Wildman–Crippen MR) is 38.7 cm³/mol. The first kappa shape index (κ1) is 5.95. The minimum atomic E-state index is -0.625. The third kappa shape index (κ3) is 0.486. The van der Waals surface area contributed by atoms with Gasteiger partial charge in [-0.3, -0.25) is 4.79 Å². The van der Waals surface area contributed by atoms with Crippen LogP contribution < -0.4 is 0 Å². The molecule has 0 aromatic heterocycles. The molecule has 5 atom stereocenters. The van der Waals surface area contributed by atoms with Gasteiger partial charge in [-0.2, -0.15) is 0 Å². The topological polar surface area (TPSA) is 37.3 Å². The third-order valence-electron chi connectivity index (χ3n) is 3.50. The molecule has 3 rings (SSSR count). The first-order valence-corrected chi connectivity index (χ1v) is 4.19. The van der Waals surface area contributed by atoms with Crippen molar-refractivity contribution in [3.05, 3.63) is 12.2 Å². The molecule has 2 heteroatoms. The zero-order valence-electron chi connectivity index (χ0n) is 6.10. The van der Waals surface area contributed by atoms with E-state index in [4.69, 9.17) is 0 Å². The van der Waals surface area contributed by atoms with E-state index in [0.717, 1.165) is 6.42 Å². The number of ketones is 1. The summed E-state index contributed by atoms with van der Waals surface area (Å²) in [5.74, 6) is 1.56. The zero-order valence-corrected chi connectivity index (χ0v) is 6.10. The standard InChI is InChI=1S/C9H10O2/c10-8-6-4-1-2-5(3-4)7(6)9(8)11/h1-2,4-8,10H,3H2/t4?,5?,6?,7?,8-/m1/s1. The fraction of sp³-hybridized carbons (Fsp3) is 0.667. The van der Waals surface area contributed by atoms with E-state index < -0.39 is 6.10 Å². The molecule has 0 spiro atoms. The smallest absolute Gasteiger partial charge is 0.165 e. The highest BCUT2D eigenvalue weighted by Crippen LogP contribution is 2.55. The van der Waals surface area contributed by atoms with Crippen LogP contribution in [-0.4, -0.2) is 17.0 Å². The number of hydrogen-bond donors (Lipinski definition) is 1. The van der Waals surface area contributed by atoms with Gasteiger partial charge in [-0.15, -0.1) is 0 Å².